The van der Waals surface area contributed by atoms with Crippen LogP contribution in [-0.4, -0.2) is 53.1 Å². The average Bonchev–Trinajstić information content (AvgIpc) is 2.71. The smallest absolute Gasteiger partial charge is 0.333 e. The summed E-state index contributed by atoms with van der Waals surface area (Å²) >= 11 is 0. The van der Waals surface area contributed by atoms with Gasteiger partial charge in [-0.3, -0.25) is 24.2 Å². The molecule has 0 aromatic heterocycles. The highest BCUT2D eigenvalue weighted by Crippen LogP contribution is 2.40. The number of nitrogens with zero attached hydrogens (tertiary/aromatic N) is 2. The van der Waals surface area contributed by atoms with Crippen molar-refractivity contribution in [2.24, 2.45) is 5.41 Å². The number of dihydropyridines is 1. The first-order valence-corrected chi connectivity index (χ1v) is 9.42. The van der Waals surface area contributed by atoms with E-state index < -0.39 is 23.3 Å². The van der Waals surface area contributed by atoms with Crippen molar-refractivity contribution < 1.29 is 19.2 Å². The first-order valence-electron chi connectivity index (χ1n) is 9.42. The molecule has 1 aliphatic carbocycles. The molecule has 7 nitrogen and oxygen atoms in total. The van der Waals surface area contributed by atoms with Crippen molar-refractivity contribution in [2.45, 2.75) is 39.5 Å². The predicted octanol–water partition coefficient (Wildman–Crippen LogP) is 1.92. The van der Waals surface area contributed by atoms with Gasteiger partial charge in [-0.2, -0.15) is 0 Å². The van der Waals surface area contributed by atoms with E-state index in [-0.39, 0.29) is 18.9 Å². The minimum atomic E-state index is -1.42. The SMILES string of the molecule is CCN1C(=O)N(CC(=O)C2=CNCC=C2)C(=O)C(C)(C2=CCCCC2)C1=O. The Morgan fingerprint density at radius 1 is 1.19 bits per heavy atom. The first kappa shape index (κ1) is 19.1. The van der Waals surface area contributed by atoms with Crippen LogP contribution >= 0.6 is 0 Å². The lowest BCUT2D eigenvalue weighted by atomic mass is 9.73. The highest BCUT2D eigenvalue weighted by atomic mass is 16.2. The highest BCUT2D eigenvalue weighted by molar-refractivity contribution is 6.22. The number of carbonyl (C=O) groups is 4. The Morgan fingerprint density at radius 2 is 1.93 bits per heavy atom. The molecule has 0 bridgehead atoms. The molecule has 1 N–H and O–H groups in total. The largest absolute Gasteiger partial charge is 0.387 e. The van der Waals surface area contributed by atoms with E-state index in [1.54, 1.807) is 32.2 Å². The number of hydrogen-bond donors (Lipinski definition) is 1. The number of ketones is 1. The molecule has 0 saturated carbocycles. The van der Waals surface area contributed by atoms with Crippen LogP contribution in [0.2, 0.25) is 0 Å². The molecule has 27 heavy (non-hydrogen) atoms. The molecule has 0 radical (unpaired) electrons. The summed E-state index contributed by atoms with van der Waals surface area (Å²) in [6.07, 6.45) is 10.4. The number of carbonyl (C=O) groups excluding carboxylic acids is 4. The summed E-state index contributed by atoms with van der Waals surface area (Å²) in [5.74, 6) is -1.43. The van der Waals surface area contributed by atoms with Gasteiger partial charge in [-0.1, -0.05) is 18.2 Å². The molecule has 0 aromatic rings. The fraction of sp³-hybridized carbons (Fsp3) is 0.500. The van der Waals surface area contributed by atoms with Gasteiger partial charge in [-0.25, -0.2) is 4.79 Å². The maximum absolute atomic E-state index is 13.3. The third kappa shape index (κ3) is 3.22. The zero-order valence-electron chi connectivity index (χ0n) is 15.8. The van der Waals surface area contributed by atoms with Crippen molar-refractivity contribution in [2.75, 3.05) is 19.6 Å². The maximum Gasteiger partial charge on any atom is 0.333 e. The van der Waals surface area contributed by atoms with Gasteiger partial charge in [0.25, 0.3) is 5.91 Å². The van der Waals surface area contributed by atoms with E-state index >= 15 is 0 Å². The lowest BCUT2D eigenvalue weighted by molar-refractivity contribution is -0.155. The average molecular weight is 371 g/mol. The lowest BCUT2D eigenvalue weighted by Gasteiger charge is -2.43. The minimum Gasteiger partial charge on any atom is -0.387 e. The molecule has 2 heterocycles. The van der Waals surface area contributed by atoms with Crippen LogP contribution in [0.1, 0.15) is 39.5 Å². The fourth-order valence-corrected chi connectivity index (χ4v) is 3.82. The summed E-state index contributed by atoms with van der Waals surface area (Å²) in [7, 11) is 0. The van der Waals surface area contributed by atoms with Gasteiger partial charge >= 0.3 is 6.03 Å². The van der Waals surface area contributed by atoms with Crippen LogP contribution < -0.4 is 5.32 Å². The predicted molar refractivity (Wildman–Crippen MR) is 99.4 cm³/mol. The summed E-state index contributed by atoms with van der Waals surface area (Å²) in [6.45, 7) is 3.69. The highest BCUT2D eigenvalue weighted by Gasteiger charge is 2.56. The third-order valence-corrected chi connectivity index (χ3v) is 5.47. The Hall–Kier alpha value is -2.70. The van der Waals surface area contributed by atoms with E-state index in [1.807, 2.05) is 6.08 Å². The summed E-state index contributed by atoms with van der Waals surface area (Å²) in [5.41, 5.74) is -0.259. The van der Waals surface area contributed by atoms with Crippen molar-refractivity contribution in [1.82, 2.24) is 15.1 Å². The maximum atomic E-state index is 13.3. The van der Waals surface area contributed by atoms with E-state index in [1.165, 1.54) is 0 Å². The quantitative estimate of drug-likeness (QED) is 0.589. The molecule has 0 aromatic carbocycles. The van der Waals surface area contributed by atoms with E-state index in [9.17, 15) is 19.2 Å². The Morgan fingerprint density at radius 3 is 2.52 bits per heavy atom. The van der Waals surface area contributed by atoms with Crippen molar-refractivity contribution in [3.05, 3.63) is 35.6 Å². The second-order valence-electron chi connectivity index (χ2n) is 7.16. The van der Waals surface area contributed by atoms with Gasteiger partial charge in [0, 0.05) is 24.9 Å². The number of urea groups is 1. The molecule has 3 aliphatic rings. The molecule has 1 atom stereocenters. The standard InChI is InChI=1S/C20H25N3O4/c1-3-22-17(25)20(2,15-9-5-4-6-10-15)18(26)23(19(22)27)13-16(24)14-8-7-11-21-12-14/h7-9,12,21H,3-6,10-11,13H2,1-2H3. The molecular weight excluding hydrogens is 346 g/mol. The number of amides is 4. The summed E-state index contributed by atoms with van der Waals surface area (Å²) < 4.78 is 0. The summed E-state index contributed by atoms with van der Waals surface area (Å²) in [4.78, 5) is 53.7. The normalized spacial score (nSPS) is 25.9. The molecule has 144 valence electrons. The van der Waals surface area contributed by atoms with Gasteiger partial charge in [0.15, 0.2) is 5.78 Å². The van der Waals surface area contributed by atoms with E-state index in [4.69, 9.17) is 0 Å². The monoisotopic (exact) mass is 371 g/mol. The van der Waals surface area contributed by atoms with Gasteiger partial charge in [0.05, 0.1) is 6.54 Å². The van der Waals surface area contributed by atoms with Gasteiger partial charge in [0.2, 0.25) is 5.91 Å². The molecular formula is C20H25N3O4. The number of imide groups is 2. The van der Waals surface area contributed by atoms with Crippen molar-refractivity contribution in [3.63, 3.8) is 0 Å². The molecule has 4 amide bonds. The number of allylic oxidation sites excluding steroid dienone is 2. The van der Waals surface area contributed by atoms with Gasteiger partial charge < -0.3 is 5.32 Å². The van der Waals surface area contributed by atoms with Crippen LogP contribution in [0.4, 0.5) is 4.79 Å². The molecule has 0 spiro atoms. The second-order valence-corrected chi connectivity index (χ2v) is 7.16. The van der Waals surface area contributed by atoms with Crippen LogP contribution in [0.15, 0.2) is 35.6 Å². The molecule has 1 unspecified atom stereocenters. The van der Waals surface area contributed by atoms with Crippen LogP contribution in [0, 0.1) is 5.41 Å². The molecule has 7 heteroatoms. The van der Waals surface area contributed by atoms with E-state index in [0.717, 1.165) is 34.6 Å². The minimum absolute atomic E-state index is 0.155. The Bertz CT molecular complexity index is 780. The lowest BCUT2D eigenvalue weighted by Crippen LogP contribution is -2.65. The zero-order valence-corrected chi connectivity index (χ0v) is 15.8. The number of barbiturate groups is 1. The van der Waals surface area contributed by atoms with Crippen LogP contribution in [0.25, 0.3) is 0 Å². The first-order chi connectivity index (χ1) is 12.9. The van der Waals surface area contributed by atoms with Gasteiger partial charge in [-0.15, -0.1) is 0 Å². The summed E-state index contributed by atoms with van der Waals surface area (Å²) in [6, 6.07) is -0.719. The van der Waals surface area contributed by atoms with Gasteiger partial charge in [-0.05, 0) is 45.1 Å². The number of hydrogen-bond acceptors (Lipinski definition) is 5. The Kier molecular flexibility index (Phi) is 5.30. The number of nitrogens with one attached hydrogen (secondary N) is 1. The Balaban J connectivity index is 1.94. The Labute approximate surface area is 158 Å². The van der Waals surface area contributed by atoms with E-state index in [2.05, 4.69) is 5.32 Å². The third-order valence-electron chi connectivity index (χ3n) is 5.47. The fourth-order valence-electron chi connectivity index (χ4n) is 3.82. The second kappa shape index (κ2) is 7.50. The number of Topliss-reactive ketones (excluding diaryl/α,β-unsaturated/α-hetero) is 1. The summed E-state index contributed by atoms with van der Waals surface area (Å²) in [5, 5.41) is 2.94. The molecule has 1 saturated heterocycles. The van der Waals surface area contributed by atoms with Crippen molar-refractivity contribution in [3.8, 4) is 0 Å². The van der Waals surface area contributed by atoms with Crippen LogP contribution in [0.3, 0.4) is 0 Å². The molecule has 1 fully saturated rings. The van der Waals surface area contributed by atoms with Gasteiger partial charge in [0.1, 0.15) is 5.41 Å². The molecule has 3 rings (SSSR count). The zero-order chi connectivity index (χ0) is 19.6. The van der Waals surface area contributed by atoms with Crippen molar-refractivity contribution >= 4 is 23.6 Å². The van der Waals surface area contributed by atoms with Crippen molar-refractivity contribution in [1.29, 1.82) is 0 Å². The van der Waals surface area contributed by atoms with Crippen LogP contribution in [-0.2, 0) is 14.4 Å². The van der Waals surface area contributed by atoms with E-state index in [0.29, 0.717) is 18.5 Å². The topological polar surface area (TPSA) is 86.8 Å². The number of rotatable bonds is 5. The van der Waals surface area contributed by atoms with Crippen LogP contribution in [0.5, 0.6) is 0 Å². The molecule has 2 aliphatic heterocycles.